The quantitative estimate of drug-likeness (QED) is 0.294. The van der Waals surface area contributed by atoms with Crippen molar-refractivity contribution >= 4 is 21.9 Å². The molecular weight excluding hydrogens is 499 g/mol. The first-order valence-corrected chi connectivity index (χ1v) is 12.3. The average molecular weight is 525 g/mol. The van der Waals surface area contributed by atoms with E-state index in [9.17, 15) is 4.39 Å². The molecule has 0 aliphatic rings. The van der Waals surface area contributed by atoms with Crippen molar-refractivity contribution < 1.29 is 13.9 Å². The highest BCUT2D eigenvalue weighted by Gasteiger charge is 2.18. The van der Waals surface area contributed by atoms with E-state index in [1.165, 1.54) is 19.2 Å². The molecule has 0 unspecified atom stereocenters. The third kappa shape index (κ3) is 4.87. The summed E-state index contributed by atoms with van der Waals surface area (Å²) >= 11 is 0. The summed E-state index contributed by atoms with van der Waals surface area (Å²) in [5.41, 5.74) is 5.37. The normalized spacial score (nSPS) is 11.5. The molecule has 6 rings (SSSR count). The number of likely N-dealkylation sites (N-methyl/N-ethyl adjacent to an activating group) is 1. The molecule has 0 radical (unpaired) electrons. The molecule has 2 N–H and O–H groups in total. The summed E-state index contributed by atoms with van der Waals surface area (Å²) < 4.78 is 25.3. The summed E-state index contributed by atoms with van der Waals surface area (Å²) in [6.45, 7) is 1.36. The zero-order chi connectivity index (χ0) is 26.9. The van der Waals surface area contributed by atoms with E-state index in [2.05, 4.69) is 35.0 Å². The highest BCUT2D eigenvalue weighted by atomic mass is 19.1. The fourth-order valence-corrected chi connectivity index (χ4v) is 4.32. The van der Waals surface area contributed by atoms with E-state index in [-0.39, 0.29) is 0 Å². The first-order valence-electron chi connectivity index (χ1n) is 12.3. The molecule has 0 atom stereocenters. The molecule has 0 saturated carbocycles. The first-order chi connectivity index (χ1) is 19.0. The van der Waals surface area contributed by atoms with E-state index in [1.807, 2.05) is 32.3 Å². The molecule has 0 aliphatic heterocycles. The molecule has 196 valence electrons. The lowest BCUT2D eigenvalue weighted by molar-refractivity contribution is 0.261. The van der Waals surface area contributed by atoms with Gasteiger partial charge < -0.3 is 19.4 Å². The van der Waals surface area contributed by atoms with Crippen LogP contribution in [0.25, 0.3) is 56.0 Å². The number of hydrogen-bond donors (Lipinski definition) is 2. The monoisotopic (exact) mass is 524 g/mol. The number of imidazole rings is 1. The average Bonchev–Trinajstić information content (AvgIpc) is 3.56. The van der Waals surface area contributed by atoms with Gasteiger partial charge in [0.1, 0.15) is 35.1 Å². The van der Waals surface area contributed by atoms with Gasteiger partial charge in [-0.05, 0) is 44.4 Å². The zero-order valence-electron chi connectivity index (χ0n) is 21.6. The highest BCUT2D eigenvalue weighted by Crippen LogP contribution is 2.33. The van der Waals surface area contributed by atoms with Crippen LogP contribution < -0.4 is 9.47 Å². The number of fused-ring (bicyclic) bond motifs is 2. The van der Waals surface area contributed by atoms with Crippen molar-refractivity contribution in [2.45, 2.75) is 0 Å². The topological polar surface area (TPSA) is 118 Å². The number of aromatic nitrogens is 7. The zero-order valence-corrected chi connectivity index (χ0v) is 21.6. The summed E-state index contributed by atoms with van der Waals surface area (Å²) in [7, 11) is 5.49. The van der Waals surface area contributed by atoms with Crippen molar-refractivity contribution in [2.24, 2.45) is 0 Å². The summed E-state index contributed by atoms with van der Waals surface area (Å²) in [5.74, 6) is 1.21. The van der Waals surface area contributed by atoms with Gasteiger partial charge in [-0.3, -0.25) is 20.1 Å². The second-order valence-corrected chi connectivity index (χ2v) is 9.27. The van der Waals surface area contributed by atoms with Crippen molar-refractivity contribution in [1.82, 2.24) is 40.0 Å². The molecule has 39 heavy (non-hydrogen) atoms. The van der Waals surface area contributed by atoms with E-state index in [0.717, 1.165) is 34.2 Å². The molecule has 0 bridgehead atoms. The number of nitrogens with one attached hydrogen (secondary N) is 2. The number of rotatable bonds is 8. The summed E-state index contributed by atoms with van der Waals surface area (Å²) in [4.78, 5) is 23.6. The molecule has 0 aliphatic carbocycles. The Morgan fingerprint density at radius 1 is 0.923 bits per heavy atom. The Balaban J connectivity index is 1.38. The van der Waals surface area contributed by atoms with E-state index in [1.54, 1.807) is 30.9 Å². The lowest BCUT2D eigenvalue weighted by Gasteiger charge is -2.11. The number of benzene rings is 1. The van der Waals surface area contributed by atoms with E-state index < -0.39 is 5.82 Å². The van der Waals surface area contributed by atoms with Gasteiger partial charge in [0.25, 0.3) is 0 Å². The predicted octanol–water partition coefficient (Wildman–Crippen LogP) is 4.71. The van der Waals surface area contributed by atoms with Crippen LogP contribution in [0.3, 0.4) is 0 Å². The molecule has 1 aromatic carbocycles. The molecule has 0 spiro atoms. The van der Waals surface area contributed by atoms with Crippen LogP contribution in [0.2, 0.25) is 0 Å². The number of halogens is 1. The molecule has 0 fully saturated rings. The van der Waals surface area contributed by atoms with Gasteiger partial charge in [-0.25, -0.2) is 9.37 Å². The maximum atomic E-state index is 14.2. The summed E-state index contributed by atoms with van der Waals surface area (Å²) in [6, 6.07) is 10.1. The minimum Gasteiger partial charge on any atom is -0.497 e. The van der Waals surface area contributed by atoms with Crippen LogP contribution >= 0.6 is 0 Å². The fourth-order valence-electron chi connectivity index (χ4n) is 4.32. The first kappa shape index (κ1) is 24.4. The molecule has 5 heterocycles. The van der Waals surface area contributed by atoms with Crippen molar-refractivity contribution in [2.75, 3.05) is 34.4 Å². The van der Waals surface area contributed by atoms with Gasteiger partial charge in [0.2, 0.25) is 0 Å². The highest BCUT2D eigenvalue weighted by molar-refractivity contribution is 5.96. The standard InChI is InChI=1S/C28H25FN8O2/c1-37(2)6-7-39-20-10-17(13-30-14-20)23-12-21-24(15-32-23)35-36-26(21)28-33-22-4-5-31-25(27(22)34-28)16-8-18(29)11-19(9-16)38-3/h4-5,8-15H,6-7H2,1-3H3,(H,33,34)(H,35,36). The maximum absolute atomic E-state index is 14.2. The molecule has 11 heteroatoms. The van der Waals surface area contributed by atoms with Crippen LogP contribution in [-0.4, -0.2) is 74.4 Å². The second-order valence-electron chi connectivity index (χ2n) is 9.27. The largest absolute Gasteiger partial charge is 0.497 e. The Labute approximate surface area is 222 Å². The van der Waals surface area contributed by atoms with Gasteiger partial charge in [-0.2, -0.15) is 5.10 Å². The van der Waals surface area contributed by atoms with Gasteiger partial charge in [0.05, 0.1) is 41.9 Å². The Morgan fingerprint density at radius 2 is 1.79 bits per heavy atom. The molecule has 0 saturated heterocycles. The minimum absolute atomic E-state index is 0.402. The molecule has 5 aromatic heterocycles. The SMILES string of the molecule is COc1cc(F)cc(-c2nccc3[nH]c(-c4n[nH]c5cnc(-c6cncc(OCCN(C)C)c6)cc45)nc23)c1. The molecular formula is C28H25FN8O2. The van der Waals surface area contributed by atoms with Gasteiger partial charge >= 0.3 is 0 Å². The molecule has 10 nitrogen and oxygen atoms in total. The van der Waals surface area contributed by atoms with Crippen LogP contribution in [0.5, 0.6) is 11.5 Å². The van der Waals surface area contributed by atoms with E-state index in [0.29, 0.717) is 46.4 Å². The smallest absolute Gasteiger partial charge is 0.159 e. The van der Waals surface area contributed by atoms with Crippen LogP contribution in [0.15, 0.2) is 61.2 Å². The van der Waals surface area contributed by atoms with Gasteiger partial charge in [0, 0.05) is 41.5 Å². The fraction of sp³-hybridized carbons (Fsp3) is 0.179. The number of hydrogen-bond acceptors (Lipinski definition) is 8. The lowest BCUT2D eigenvalue weighted by atomic mass is 10.1. The van der Waals surface area contributed by atoms with Crippen LogP contribution in [0, 0.1) is 5.82 Å². The Morgan fingerprint density at radius 3 is 2.64 bits per heavy atom. The van der Waals surface area contributed by atoms with E-state index >= 15 is 0 Å². The molecule has 6 aromatic rings. The molecule has 0 amide bonds. The Hall–Kier alpha value is -4.90. The number of methoxy groups -OCH3 is 1. The lowest BCUT2D eigenvalue weighted by Crippen LogP contribution is -2.19. The Kier molecular flexibility index (Phi) is 6.33. The summed E-state index contributed by atoms with van der Waals surface area (Å²) in [5, 5.41) is 8.37. The summed E-state index contributed by atoms with van der Waals surface area (Å²) in [6.07, 6.45) is 6.83. The number of H-pyrrole nitrogens is 2. The third-order valence-corrected chi connectivity index (χ3v) is 6.27. The second kappa shape index (κ2) is 10.1. The predicted molar refractivity (Wildman–Crippen MR) is 146 cm³/mol. The van der Waals surface area contributed by atoms with Gasteiger partial charge in [-0.15, -0.1) is 0 Å². The van der Waals surface area contributed by atoms with Crippen LogP contribution in [0.4, 0.5) is 4.39 Å². The van der Waals surface area contributed by atoms with Gasteiger partial charge in [-0.1, -0.05) is 0 Å². The van der Waals surface area contributed by atoms with Gasteiger partial charge in [0.15, 0.2) is 5.82 Å². The number of nitrogens with zero attached hydrogens (tertiary/aromatic N) is 6. The van der Waals surface area contributed by atoms with Crippen molar-refractivity contribution in [3.63, 3.8) is 0 Å². The number of pyridine rings is 3. The van der Waals surface area contributed by atoms with E-state index in [4.69, 9.17) is 14.5 Å². The third-order valence-electron chi connectivity index (χ3n) is 6.27. The van der Waals surface area contributed by atoms with Crippen molar-refractivity contribution in [3.05, 3.63) is 67.0 Å². The van der Waals surface area contributed by atoms with Crippen molar-refractivity contribution in [3.8, 4) is 45.5 Å². The maximum Gasteiger partial charge on any atom is 0.159 e. The minimum atomic E-state index is -0.418. The van der Waals surface area contributed by atoms with Crippen molar-refractivity contribution in [1.29, 1.82) is 0 Å². The number of ether oxygens (including phenoxy) is 2. The Bertz CT molecular complexity index is 1800. The number of aromatic amines is 2. The van der Waals surface area contributed by atoms with Crippen LogP contribution in [0.1, 0.15) is 0 Å². The van der Waals surface area contributed by atoms with Crippen LogP contribution in [-0.2, 0) is 0 Å².